The predicted octanol–water partition coefficient (Wildman–Crippen LogP) is 2.08. The second-order valence-electron chi connectivity index (χ2n) is 5.91. The third-order valence-corrected chi connectivity index (χ3v) is 5.44. The van der Waals surface area contributed by atoms with Crippen LogP contribution in [0.4, 0.5) is 0 Å². The molecule has 6 heteroatoms. The number of thiophene rings is 1. The molecule has 0 fully saturated rings. The third-order valence-electron chi connectivity index (χ3n) is 4.45. The maximum Gasteiger partial charge on any atom is 0.223 e. The Bertz CT molecular complexity index is 678. The van der Waals surface area contributed by atoms with Crippen molar-refractivity contribution in [3.8, 4) is 0 Å². The van der Waals surface area contributed by atoms with Crippen molar-refractivity contribution in [2.45, 2.75) is 44.4 Å². The van der Waals surface area contributed by atoms with E-state index in [2.05, 4.69) is 26.3 Å². The van der Waals surface area contributed by atoms with Crippen LogP contribution >= 0.6 is 11.3 Å². The van der Waals surface area contributed by atoms with E-state index in [4.69, 9.17) is 4.74 Å². The number of rotatable bonds is 3. The number of hydrogen-bond acceptors (Lipinski definition) is 4. The summed E-state index contributed by atoms with van der Waals surface area (Å²) in [5.74, 6) is 1.20. The van der Waals surface area contributed by atoms with Gasteiger partial charge in [-0.25, -0.2) is 4.98 Å². The normalized spacial score (nSPS) is 23.6. The van der Waals surface area contributed by atoms with Gasteiger partial charge in [0.1, 0.15) is 5.82 Å². The Kier molecular flexibility index (Phi) is 3.72. The number of aromatic nitrogens is 2. The Labute approximate surface area is 133 Å². The molecule has 116 valence electrons. The number of nitrogens with zero attached hydrogens (tertiary/aromatic N) is 2. The summed E-state index contributed by atoms with van der Waals surface area (Å²) in [7, 11) is 0. The molecule has 2 atom stereocenters. The van der Waals surface area contributed by atoms with Gasteiger partial charge in [-0.1, -0.05) is 0 Å². The zero-order valence-electron chi connectivity index (χ0n) is 12.3. The van der Waals surface area contributed by atoms with Gasteiger partial charge in [-0.2, -0.15) is 0 Å². The van der Waals surface area contributed by atoms with Gasteiger partial charge in [-0.15, -0.1) is 11.3 Å². The maximum absolute atomic E-state index is 12.3. The molecule has 0 spiro atoms. The number of fused-ring (bicyclic) bond motifs is 2. The molecule has 4 heterocycles. The SMILES string of the molecule is O=C(CC1OCCc2sccc21)NC1CCc2nccn2C1. The van der Waals surface area contributed by atoms with Crippen molar-refractivity contribution < 1.29 is 9.53 Å². The lowest BCUT2D eigenvalue weighted by Gasteiger charge is -2.27. The highest BCUT2D eigenvalue weighted by atomic mass is 32.1. The molecule has 4 rings (SSSR count). The highest BCUT2D eigenvalue weighted by molar-refractivity contribution is 7.10. The molecule has 1 amide bonds. The van der Waals surface area contributed by atoms with E-state index < -0.39 is 0 Å². The summed E-state index contributed by atoms with van der Waals surface area (Å²) >= 11 is 1.76. The van der Waals surface area contributed by atoms with E-state index in [1.54, 1.807) is 11.3 Å². The summed E-state index contributed by atoms with van der Waals surface area (Å²) in [6.45, 7) is 1.53. The molecule has 0 aromatic carbocycles. The monoisotopic (exact) mass is 317 g/mol. The molecule has 5 nitrogen and oxygen atoms in total. The average Bonchev–Trinajstić information content (AvgIpc) is 3.15. The Morgan fingerprint density at radius 3 is 3.41 bits per heavy atom. The van der Waals surface area contributed by atoms with Crippen LogP contribution < -0.4 is 5.32 Å². The molecule has 2 aromatic heterocycles. The Morgan fingerprint density at radius 1 is 1.50 bits per heavy atom. The third kappa shape index (κ3) is 2.68. The number of imidazole rings is 1. The lowest BCUT2D eigenvalue weighted by Crippen LogP contribution is -2.41. The van der Waals surface area contributed by atoms with Crippen molar-refractivity contribution in [3.63, 3.8) is 0 Å². The van der Waals surface area contributed by atoms with E-state index in [1.807, 2.05) is 12.4 Å². The fourth-order valence-corrected chi connectivity index (χ4v) is 4.25. The van der Waals surface area contributed by atoms with Gasteiger partial charge in [0.05, 0.1) is 19.1 Å². The molecule has 0 radical (unpaired) electrons. The van der Waals surface area contributed by atoms with E-state index in [-0.39, 0.29) is 18.1 Å². The van der Waals surface area contributed by atoms with E-state index in [9.17, 15) is 4.79 Å². The average molecular weight is 317 g/mol. The summed E-state index contributed by atoms with van der Waals surface area (Å²) in [6, 6.07) is 2.29. The first-order chi connectivity index (χ1) is 10.8. The van der Waals surface area contributed by atoms with Gasteiger partial charge in [0.15, 0.2) is 0 Å². The fraction of sp³-hybridized carbons (Fsp3) is 0.500. The Morgan fingerprint density at radius 2 is 2.45 bits per heavy atom. The lowest BCUT2D eigenvalue weighted by molar-refractivity contribution is -0.125. The molecule has 22 heavy (non-hydrogen) atoms. The number of carbonyl (C=O) groups is 1. The van der Waals surface area contributed by atoms with Crippen molar-refractivity contribution in [1.82, 2.24) is 14.9 Å². The van der Waals surface area contributed by atoms with Crippen molar-refractivity contribution in [2.75, 3.05) is 6.61 Å². The quantitative estimate of drug-likeness (QED) is 0.943. The summed E-state index contributed by atoms with van der Waals surface area (Å²) in [5.41, 5.74) is 1.20. The molecule has 1 N–H and O–H groups in total. The van der Waals surface area contributed by atoms with Crippen LogP contribution in [0.15, 0.2) is 23.8 Å². The highest BCUT2D eigenvalue weighted by Gasteiger charge is 2.26. The van der Waals surface area contributed by atoms with Crippen molar-refractivity contribution in [2.24, 2.45) is 0 Å². The van der Waals surface area contributed by atoms with Crippen LogP contribution in [-0.2, 0) is 28.9 Å². The molecular weight excluding hydrogens is 298 g/mol. The number of ether oxygens (including phenoxy) is 1. The first kappa shape index (κ1) is 14.0. The van der Waals surface area contributed by atoms with Crippen LogP contribution in [0.5, 0.6) is 0 Å². The molecule has 2 aliphatic heterocycles. The van der Waals surface area contributed by atoms with Crippen LogP contribution in [0.3, 0.4) is 0 Å². The summed E-state index contributed by atoms with van der Waals surface area (Å²) in [4.78, 5) is 18.0. The highest BCUT2D eigenvalue weighted by Crippen LogP contribution is 2.33. The summed E-state index contributed by atoms with van der Waals surface area (Å²) in [6.07, 6.45) is 6.99. The first-order valence-corrected chi connectivity index (χ1v) is 8.65. The minimum absolute atomic E-state index is 0.0811. The van der Waals surface area contributed by atoms with Gasteiger partial charge in [-0.05, 0) is 23.4 Å². The van der Waals surface area contributed by atoms with Gasteiger partial charge in [0, 0.05) is 42.7 Å². The number of carbonyl (C=O) groups excluding carboxylic acids is 1. The van der Waals surface area contributed by atoms with E-state index in [1.165, 1.54) is 10.4 Å². The van der Waals surface area contributed by atoms with Crippen LogP contribution in [0.1, 0.15) is 35.2 Å². The standard InChI is InChI=1S/C16H19N3O2S/c20-16(9-13-12-4-8-22-14(12)3-7-21-13)18-11-1-2-15-17-5-6-19(15)10-11/h4-6,8,11,13H,1-3,7,9-10H2,(H,18,20). The largest absolute Gasteiger partial charge is 0.373 e. The molecule has 2 unspecified atom stereocenters. The second-order valence-corrected chi connectivity index (χ2v) is 6.91. The smallest absolute Gasteiger partial charge is 0.223 e. The topological polar surface area (TPSA) is 56.1 Å². The number of aryl methyl sites for hydroxylation is 1. The molecule has 2 aromatic rings. The first-order valence-electron chi connectivity index (χ1n) is 7.77. The number of hydrogen-bond donors (Lipinski definition) is 1. The molecule has 0 aliphatic carbocycles. The fourth-order valence-electron chi connectivity index (χ4n) is 3.33. The van der Waals surface area contributed by atoms with Gasteiger partial charge in [0.2, 0.25) is 5.91 Å². The van der Waals surface area contributed by atoms with Gasteiger partial charge in [0.25, 0.3) is 0 Å². The van der Waals surface area contributed by atoms with Crippen molar-refractivity contribution in [3.05, 3.63) is 40.1 Å². The zero-order valence-corrected chi connectivity index (χ0v) is 13.1. The Hall–Kier alpha value is -1.66. The van der Waals surface area contributed by atoms with Gasteiger partial charge in [-0.3, -0.25) is 4.79 Å². The van der Waals surface area contributed by atoms with Crippen molar-refractivity contribution >= 4 is 17.2 Å². The van der Waals surface area contributed by atoms with Gasteiger partial charge >= 0.3 is 0 Å². The Balaban J connectivity index is 1.36. The minimum atomic E-state index is -0.0811. The zero-order chi connectivity index (χ0) is 14.9. The molecule has 0 bridgehead atoms. The molecular formula is C16H19N3O2S. The number of nitrogens with one attached hydrogen (secondary N) is 1. The van der Waals surface area contributed by atoms with E-state index in [0.29, 0.717) is 13.0 Å². The molecule has 0 saturated heterocycles. The maximum atomic E-state index is 12.3. The second kappa shape index (κ2) is 5.85. The predicted molar refractivity (Wildman–Crippen MR) is 83.8 cm³/mol. The minimum Gasteiger partial charge on any atom is -0.373 e. The van der Waals surface area contributed by atoms with Crippen molar-refractivity contribution in [1.29, 1.82) is 0 Å². The van der Waals surface area contributed by atoms with Crippen LogP contribution in [0.25, 0.3) is 0 Å². The number of amides is 1. The molecule has 2 aliphatic rings. The van der Waals surface area contributed by atoms with Crippen LogP contribution in [0.2, 0.25) is 0 Å². The van der Waals surface area contributed by atoms with Crippen LogP contribution in [0, 0.1) is 0 Å². The lowest BCUT2D eigenvalue weighted by atomic mass is 10.0. The summed E-state index contributed by atoms with van der Waals surface area (Å²) in [5, 5.41) is 5.24. The van der Waals surface area contributed by atoms with E-state index >= 15 is 0 Å². The molecule has 0 saturated carbocycles. The van der Waals surface area contributed by atoms with Gasteiger partial charge < -0.3 is 14.6 Å². The van der Waals surface area contributed by atoms with Crippen LogP contribution in [-0.4, -0.2) is 28.1 Å². The summed E-state index contributed by atoms with van der Waals surface area (Å²) < 4.78 is 7.92. The van der Waals surface area contributed by atoms with E-state index in [0.717, 1.165) is 31.6 Å².